The fraction of sp³-hybridized carbons (Fsp3) is 0.889. The molecule has 7 heteroatoms. The lowest BCUT2D eigenvalue weighted by atomic mass is 9.94. The van der Waals surface area contributed by atoms with Gasteiger partial charge in [0, 0.05) is 26.7 Å². The Morgan fingerprint density at radius 1 is 1.16 bits per heavy atom. The van der Waals surface area contributed by atoms with Gasteiger partial charge < -0.3 is 19.9 Å². The maximum atomic E-state index is 11.8. The molecule has 0 spiro atoms. The van der Waals surface area contributed by atoms with Gasteiger partial charge in [-0.2, -0.15) is 0 Å². The number of carbonyl (C=O) groups is 1. The van der Waals surface area contributed by atoms with Gasteiger partial charge in [-0.3, -0.25) is 9.79 Å². The summed E-state index contributed by atoms with van der Waals surface area (Å²) >= 11 is 0. The Hall–Kier alpha value is -0.570. The number of likely N-dealkylation sites (tertiary alicyclic amines) is 2. The maximum absolute atomic E-state index is 11.8. The predicted octanol–water partition coefficient (Wildman–Crippen LogP) is 2.19. The zero-order valence-electron chi connectivity index (χ0n) is 16.0. The van der Waals surface area contributed by atoms with Crippen molar-refractivity contribution in [2.75, 3.05) is 53.4 Å². The van der Waals surface area contributed by atoms with Crippen LogP contribution in [0, 0.1) is 11.8 Å². The van der Waals surface area contributed by atoms with Crippen LogP contribution in [0.15, 0.2) is 4.99 Å². The van der Waals surface area contributed by atoms with Gasteiger partial charge in [0.05, 0.1) is 12.5 Å². The number of rotatable bonds is 5. The van der Waals surface area contributed by atoms with Crippen LogP contribution in [0.3, 0.4) is 0 Å². The normalized spacial score (nSPS) is 20.9. The number of nitrogens with one attached hydrogen (secondary N) is 1. The van der Waals surface area contributed by atoms with E-state index in [1.807, 2.05) is 14.0 Å². The molecule has 0 aromatic heterocycles. The summed E-state index contributed by atoms with van der Waals surface area (Å²) in [4.78, 5) is 20.9. The Balaban J connectivity index is 0.00000312. The SMILES string of the molecule is CCOC(=O)C1CCN(C(=NC)NCCC2CCN(C)CC2)CC1.I. The molecule has 146 valence electrons. The molecular weight excluding hydrogens is 431 g/mol. The second kappa shape index (κ2) is 11.9. The summed E-state index contributed by atoms with van der Waals surface area (Å²) in [6, 6.07) is 0. The van der Waals surface area contributed by atoms with Crippen molar-refractivity contribution in [3.63, 3.8) is 0 Å². The molecule has 0 unspecified atom stereocenters. The third kappa shape index (κ3) is 7.29. The molecular formula is C18H35IN4O2. The molecule has 6 nitrogen and oxygen atoms in total. The summed E-state index contributed by atoms with van der Waals surface area (Å²) in [5, 5.41) is 3.51. The van der Waals surface area contributed by atoms with Gasteiger partial charge in [-0.25, -0.2) is 0 Å². The first kappa shape index (κ1) is 22.5. The van der Waals surface area contributed by atoms with Crippen LogP contribution in [0.5, 0.6) is 0 Å². The fourth-order valence-electron chi connectivity index (χ4n) is 3.66. The number of hydrogen-bond acceptors (Lipinski definition) is 4. The van der Waals surface area contributed by atoms with E-state index >= 15 is 0 Å². The van der Waals surface area contributed by atoms with Crippen molar-refractivity contribution in [1.29, 1.82) is 0 Å². The zero-order chi connectivity index (χ0) is 17.4. The number of nitrogens with zero attached hydrogens (tertiary/aromatic N) is 3. The van der Waals surface area contributed by atoms with Gasteiger partial charge in [0.1, 0.15) is 0 Å². The van der Waals surface area contributed by atoms with E-state index in [2.05, 4.69) is 27.2 Å². The maximum Gasteiger partial charge on any atom is 0.309 e. The molecule has 0 saturated carbocycles. The van der Waals surface area contributed by atoms with E-state index in [1.54, 1.807) is 0 Å². The molecule has 2 heterocycles. The molecule has 2 fully saturated rings. The van der Waals surface area contributed by atoms with Gasteiger partial charge in [-0.15, -0.1) is 24.0 Å². The van der Waals surface area contributed by atoms with E-state index < -0.39 is 0 Å². The number of piperidine rings is 2. The first-order valence-corrected chi connectivity index (χ1v) is 9.44. The molecule has 0 aromatic rings. The van der Waals surface area contributed by atoms with Gasteiger partial charge >= 0.3 is 5.97 Å². The summed E-state index contributed by atoms with van der Waals surface area (Å²) < 4.78 is 5.14. The molecule has 2 aliphatic heterocycles. The van der Waals surface area contributed by atoms with E-state index in [0.717, 1.165) is 44.4 Å². The van der Waals surface area contributed by atoms with E-state index in [0.29, 0.717) is 6.61 Å². The van der Waals surface area contributed by atoms with E-state index in [-0.39, 0.29) is 35.9 Å². The highest BCUT2D eigenvalue weighted by Crippen LogP contribution is 2.20. The Morgan fingerprint density at radius 3 is 2.36 bits per heavy atom. The van der Waals surface area contributed by atoms with Crippen molar-refractivity contribution in [2.24, 2.45) is 16.8 Å². The third-order valence-corrected chi connectivity index (χ3v) is 5.30. The summed E-state index contributed by atoms with van der Waals surface area (Å²) in [6.07, 6.45) is 5.54. The number of halogens is 1. The minimum absolute atomic E-state index is 0. The fourth-order valence-corrected chi connectivity index (χ4v) is 3.66. The summed E-state index contributed by atoms with van der Waals surface area (Å²) in [5.41, 5.74) is 0. The number of carbonyl (C=O) groups excluding carboxylic acids is 1. The van der Waals surface area contributed by atoms with Gasteiger partial charge in [0.25, 0.3) is 0 Å². The molecule has 0 radical (unpaired) electrons. The molecule has 0 amide bonds. The lowest BCUT2D eigenvalue weighted by Crippen LogP contribution is -2.47. The summed E-state index contributed by atoms with van der Waals surface area (Å²) in [7, 11) is 4.05. The van der Waals surface area contributed by atoms with Crippen molar-refractivity contribution in [2.45, 2.75) is 39.0 Å². The van der Waals surface area contributed by atoms with E-state index in [1.165, 1.54) is 32.4 Å². The van der Waals surface area contributed by atoms with Crippen LogP contribution >= 0.6 is 24.0 Å². The molecule has 0 aliphatic carbocycles. The first-order chi connectivity index (χ1) is 11.6. The number of esters is 1. The highest BCUT2D eigenvalue weighted by molar-refractivity contribution is 14.0. The highest BCUT2D eigenvalue weighted by Gasteiger charge is 2.27. The average molecular weight is 466 g/mol. The van der Waals surface area contributed by atoms with Crippen LogP contribution in [0.4, 0.5) is 0 Å². The second-order valence-corrected chi connectivity index (χ2v) is 7.02. The van der Waals surface area contributed by atoms with Crippen molar-refractivity contribution in [3.05, 3.63) is 0 Å². The number of guanidine groups is 1. The largest absolute Gasteiger partial charge is 0.466 e. The average Bonchev–Trinajstić information content (AvgIpc) is 2.61. The van der Waals surface area contributed by atoms with Crippen molar-refractivity contribution in [1.82, 2.24) is 15.1 Å². The summed E-state index contributed by atoms with van der Waals surface area (Å²) in [5.74, 6) is 1.83. The Labute approximate surface area is 169 Å². The first-order valence-electron chi connectivity index (χ1n) is 9.44. The number of aliphatic imine (C=N–C) groups is 1. The van der Waals surface area contributed by atoms with Crippen LogP contribution in [0.2, 0.25) is 0 Å². The standard InChI is InChI=1S/C18H34N4O2.HI/c1-4-24-17(23)16-8-13-22(14-9-16)18(19-2)20-10-5-15-6-11-21(3)12-7-15;/h15-16H,4-14H2,1-3H3,(H,19,20);1H. The van der Waals surface area contributed by atoms with Crippen LogP contribution in [-0.2, 0) is 9.53 Å². The Bertz CT molecular complexity index is 417. The van der Waals surface area contributed by atoms with Crippen LogP contribution in [0.25, 0.3) is 0 Å². The Kier molecular flexibility index (Phi) is 10.7. The van der Waals surface area contributed by atoms with E-state index in [4.69, 9.17) is 4.74 Å². The molecule has 0 aromatic carbocycles. The van der Waals surface area contributed by atoms with Gasteiger partial charge in [-0.1, -0.05) is 0 Å². The zero-order valence-corrected chi connectivity index (χ0v) is 18.3. The molecule has 2 aliphatic rings. The van der Waals surface area contributed by atoms with Gasteiger partial charge in [-0.05, 0) is 65.1 Å². The molecule has 2 saturated heterocycles. The number of hydrogen-bond donors (Lipinski definition) is 1. The van der Waals surface area contributed by atoms with Crippen LogP contribution in [0.1, 0.15) is 39.0 Å². The van der Waals surface area contributed by atoms with Crippen molar-refractivity contribution >= 4 is 35.9 Å². The van der Waals surface area contributed by atoms with Crippen molar-refractivity contribution < 1.29 is 9.53 Å². The van der Waals surface area contributed by atoms with Crippen LogP contribution < -0.4 is 5.32 Å². The monoisotopic (exact) mass is 466 g/mol. The van der Waals surface area contributed by atoms with E-state index in [9.17, 15) is 4.79 Å². The minimum Gasteiger partial charge on any atom is -0.466 e. The van der Waals surface area contributed by atoms with Crippen LogP contribution in [-0.4, -0.2) is 75.2 Å². The molecule has 0 bridgehead atoms. The second-order valence-electron chi connectivity index (χ2n) is 7.02. The molecule has 0 atom stereocenters. The molecule has 1 N–H and O–H groups in total. The highest BCUT2D eigenvalue weighted by atomic mass is 127. The topological polar surface area (TPSA) is 57.2 Å². The lowest BCUT2D eigenvalue weighted by Gasteiger charge is -2.34. The van der Waals surface area contributed by atoms with Crippen molar-refractivity contribution in [3.8, 4) is 0 Å². The van der Waals surface area contributed by atoms with Gasteiger partial charge in [0.2, 0.25) is 0 Å². The summed E-state index contributed by atoms with van der Waals surface area (Å²) in [6.45, 7) is 7.51. The predicted molar refractivity (Wildman–Crippen MR) is 113 cm³/mol. The third-order valence-electron chi connectivity index (χ3n) is 5.30. The quantitative estimate of drug-likeness (QED) is 0.292. The Morgan fingerprint density at radius 2 is 1.80 bits per heavy atom. The molecule has 25 heavy (non-hydrogen) atoms. The lowest BCUT2D eigenvalue weighted by molar-refractivity contribution is -0.149. The number of ether oxygens (including phenoxy) is 1. The smallest absolute Gasteiger partial charge is 0.309 e. The minimum atomic E-state index is -0.0395. The van der Waals surface area contributed by atoms with Gasteiger partial charge in [0.15, 0.2) is 5.96 Å². The molecule has 2 rings (SSSR count).